The maximum absolute atomic E-state index is 14.2. The highest BCUT2D eigenvalue weighted by molar-refractivity contribution is 5.95. The van der Waals surface area contributed by atoms with E-state index in [9.17, 15) is 22.8 Å². The summed E-state index contributed by atoms with van der Waals surface area (Å²) in [6.07, 6.45) is 0.517. The van der Waals surface area contributed by atoms with Crippen molar-refractivity contribution in [2.24, 2.45) is 5.73 Å². The molecule has 11 heteroatoms. The molecule has 2 saturated carbocycles. The minimum Gasteiger partial charge on any atom is -0.449 e. The SMILES string of the molecule is CC1(C)OCC(c2ccc(C(=O)N(C3CC3)[C@H]3CC[C@@](COC(N)=O)(c4ccccn4)CC3)cc2)(C(F)(F)F)O1. The smallest absolute Gasteiger partial charge is 0.424 e. The third-order valence-corrected chi connectivity index (χ3v) is 8.28. The fraction of sp³-hybridized carbons (Fsp3) is 0.552. The number of benzene rings is 1. The van der Waals surface area contributed by atoms with Crippen LogP contribution in [0.4, 0.5) is 18.0 Å². The molecule has 8 nitrogen and oxygen atoms in total. The molecule has 2 amide bonds. The van der Waals surface area contributed by atoms with Gasteiger partial charge in [0.05, 0.1) is 6.61 Å². The second-order valence-corrected chi connectivity index (χ2v) is 11.5. The van der Waals surface area contributed by atoms with E-state index in [2.05, 4.69) is 4.98 Å². The number of ether oxygens (including phenoxy) is 3. The van der Waals surface area contributed by atoms with Crippen molar-refractivity contribution in [3.8, 4) is 0 Å². The van der Waals surface area contributed by atoms with Crippen LogP contribution in [0.2, 0.25) is 0 Å². The number of halogens is 3. The monoisotopic (exact) mass is 561 g/mol. The van der Waals surface area contributed by atoms with Crippen molar-refractivity contribution in [1.82, 2.24) is 9.88 Å². The first-order valence-electron chi connectivity index (χ1n) is 13.5. The van der Waals surface area contributed by atoms with Gasteiger partial charge in [-0.25, -0.2) is 4.79 Å². The Morgan fingerprint density at radius 2 is 1.70 bits per heavy atom. The molecule has 0 bridgehead atoms. The van der Waals surface area contributed by atoms with Gasteiger partial charge in [0.2, 0.25) is 5.60 Å². The average molecular weight is 562 g/mol. The van der Waals surface area contributed by atoms with Crippen LogP contribution in [0.15, 0.2) is 48.7 Å². The third kappa shape index (κ3) is 5.41. The molecule has 40 heavy (non-hydrogen) atoms. The second-order valence-electron chi connectivity index (χ2n) is 11.5. The van der Waals surface area contributed by atoms with Crippen LogP contribution in [0, 0.1) is 0 Å². The number of aromatic nitrogens is 1. The van der Waals surface area contributed by atoms with Gasteiger partial charge in [-0.3, -0.25) is 9.78 Å². The first-order valence-corrected chi connectivity index (χ1v) is 13.5. The van der Waals surface area contributed by atoms with E-state index in [1.807, 2.05) is 23.1 Å². The lowest BCUT2D eigenvalue weighted by Crippen LogP contribution is -2.48. The molecule has 0 spiro atoms. The number of amides is 2. The molecular weight excluding hydrogens is 527 g/mol. The van der Waals surface area contributed by atoms with Gasteiger partial charge in [0.25, 0.3) is 5.91 Å². The van der Waals surface area contributed by atoms with Crippen LogP contribution in [0.5, 0.6) is 0 Å². The minimum absolute atomic E-state index is 0.0565. The van der Waals surface area contributed by atoms with E-state index < -0.39 is 35.7 Å². The van der Waals surface area contributed by atoms with Crippen molar-refractivity contribution in [1.29, 1.82) is 0 Å². The number of nitrogens with zero attached hydrogens (tertiary/aromatic N) is 2. The van der Waals surface area contributed by atoms with E-state index in [0.29, 0.717) is 31.2 Å². The van der Waals surface area contributed by atoms with Crippen LogP contribution in [0.1, 0.15) is 74.0 Å². The number of pyridine rings is 1. The standard InChI is InChI=1S/C29H34F3N3O5/c1-26(2)39-18-28(40-26,29(30,31)32)20-8-6-19(7-9-20)24(36)35(21-10-11-21)22-12-14-27(15-13-22,17-38-25(33)37)23-5-3-4-16-34-23/h3-9,16,21-22H,10-15,17-18H2,1-2H3,(H2,33,37)/t22-,27+,28?. The van der Waals surface area contributed by atoms with Gasteiger partial charge < -0.3 is 24.8 Å². The summed E-state index contributed by atoms with van der Waals surface area (Å²) in [6, 6.07) is 11.2. The topological polar surface area (TPSA) is 104 Å². The van der Waals surface area contributed by atoms with E-state index in [1.54, 1.807) is 6.20 Å². The summed E-state index contributed by atoms with van der Waals surface area (Å²) in [4.78, 5) is 31.5. The lowest BCUT2D eigenvalue weighted by Gasteiger charge is -2.43. The lowest BCUT2D eigenvalue weighted by molar-refractivity contribution is -0.289. The zero-order valence-electron chi connectivity index (χ0n) is 22.6. The van der Waals surface area contributed by atoms with Gasteiger partial charge in [0.15, 0.2) is 5.79 Å². The highest BCUT2D eigenvalue weighted by atomic mass is 19.4. The van der Waals surface area contributed by atoms with Crippen LogP contribution >= 0.6 is 0 Å². The first-order chi connectivity index (χ1) is 18.9. The molecule has 216 valence electrons. The molecule has 5 rings (SSSR count). The number of rotatable bonds is 7. The Hall–Kier alpha value is -3.18. The van der Waals surface area contributed by atoms with Crippen molar-refractivity contribution in [2.45, 2.75) is 87.4 Å². The Kier molecular flexibility index (Phi) is 7.33. The van der Waals surface area contributed by atoms with Crippen LogP contribution in [-0.2, 0) is 25.2 Å². The van der Waals surface area contributed by atoms with Crippen molar-refractivity contribution in [2.75, 3.05) is 13.2 Å². The van der Waals surface area contributed by atoms with Crippen molar-refractivity contribution in [3.05, 3.63) is 65.5 Å². The zero-order chi connectivity index (χ0) is 28.8. The predicted octanol–water partition coefficient (Wildman–Crippen LogP) is 5.20. The van der Waals surface area contributed by atoms with E-state index in [4.69, 9.17) is 19.9 Å². The second kappa shape index (κ2) is 10.3. The number of carbonyl (C=O) groups is 2. The molecule has 1 atom stereocenters. The molecule has 2 heterocycles. The molecule has 3 aliphatic rings. The molecule has 1 aromatic heterocycles. The molecule has 2 N–H and O–H groups in total. The van der Waals surface area contributed by atoms with Gasteiger partial charge in [-0.2, -0.15) is 13.2 Å². The van der Waals surface area contributed by atoms with E-state index in [-0.39, 0.29) is 30.2 Å². The van der Waals surface area contributed by atoms with E-state index in [0.717, 1.165) is 18.5 Å². The summed E-state index contributed by atoms with van der Waals surface area (Å²) in [6.45, 7) is 2.33. The largest absolute Gasteiger partial charge is 0.449 e. The van der Waals surface area contributed by atoms with Gasteiger partial charge in [0.1, 0.15) is 6.61 Å². The van der Waals surface area contributed by atoms with E-state index in [1.165, 1.54) is 38.1 Å². The molecule has 0 radical (unpaired) electrons. The van der Waals surface area contributed by atoms with Gasteiger partial charge in [-0.1, -0.05) is 18.2 Å². The number of carbonyl (C=O) groups excluding carboxylic acids is 2. The van der Waals surface area contributed by atoms with Crippen molar-refractivity contribution >= 4 is 12.0 Å². The Bertz CT molecular complexity index is 1230. The van der Waals surface area contributed by atoms with Gasteiger partial charge in [-0.15, -0.1) is 0 Å². The summed E-state index contributed by atoms with van der Waals surface area (Å²) < 4.78 is 58.4. The van der Waals surface area contributed by atoms with Crippen molar-refractivity contribution < 1.29 is 37.0 Å². The van der Waals surface area contributed by atoms with Crippen LogP contribution in [0.3, 0.4) is 0 Å². The highest BCUT2D eigenvalue weighted by Crippen LogP contribution is 2.50. The van der Waals surface area contributed by atoms with Gasteiger partial charge in [0, 0.05) is 35.0 Å². The van der Waals surface area contributed by atoms with Crippen LogP contribution in [-0.4, -0.2) is 59.1 Å². The molecule has 1 saturated heterocycles. The molecule has 1 aliphatic heterocycles. The maximum Gasteiger partial charge on any atom is 0.424 e. The Morgan fingerprint density at radius 3 is 2.20 bits per heavy atom. The summed E-state index contributed by atoms with van der Waals surface area (Å²) in [5.74, 6) is -1.59. The number of alkyl halides is 3. The zero-order valence-corrected chi connectivity index (χ0v) is 22.6. The molecule has 2 aliphatic carbocycles. The fourth-order valence-electron chi connectivity index (χ4n) is 6.01. The lowest BCUT2D eigenvalue weighted by atomic mass is 9.70. The number of hydrogen-bond donors (Lipinski definition) is 1. The van der Waals surface area contributed by atoms with Gasteiger partial charge >= 0.3 is 12.3 Å². The van der Waals surface area contributed by atoms with Crippen LogP contribution in [0.25, 0.3) is 0 Å². The molecule has 1 unspecified atom stereocenters. The normalized spacial score (nSPS) is 28.2. The summed E-state index contributed by atoms with van der Waals surface area (Å²) in [5.41, 5.74) is 3.19. The average Bonchev–Trinajstić information content (AvgIpc) is 3.70. The quantitative estimate of drug-likeness (QED) is 0.498. The first kappa shape index (κ1) is 28.4. The number of primary amides is 1. The Balaban J connectivity index is 1.34. The number of nitrogens with two attached hydrogens (primary N) is 1. The van der Waals surface area contributed by atoms with E-state index >= 15 is 0 Å². The Labute approximate surface area is 231 Å². The Morgan fingerprint density at radius 1 is 1.05 bits per heavy atom. The highest BCUT2D eigenvalue weighted by Gasteiger charge is 2.64. The summed E-state index contributed by atoms with van der Waals surface area (Å²) in [5, 5.41) is 0. The van der Waals surface area contributed by atoms with Gasteiger partial charge in [-0.05, 0) is 82.2 Å². The van der Waals surface area contributed by atoms with Crippen molar-refractivity contribution in [3.63, 3.8) is 0 Å². The molecule has 1 aromatic carbocycles. The molecule has 3 fully saturated rings. The predicted molar refractivity (Wildman–Crippen MR) is 138 cm³/mol. The fourth-order valence-corrected chi connectivity index (χ4v) is 6.01. The van der Waals surface area contributed by atoms with Crippen LogP contribution < -0.4 is 5.73 Å². The summed E-state index contributed by atoms with van der Waals surface area (Å²) >= 11 is 0. The summed E-state index contributed by atoms with van der Waals surface area (Å²) in [7, 11) is 0. The molecule has 2 aromatic rings. The third-order valence-electron chi connectivity index (χ3n) is 8.28. The minimum atomic E-state index is -4.70. The molecular formula is C29H34F3N3O5. The maximum atomic E-state index is 14.2. The number of hydrogen-bond acceptors (Lipinski definition) is 6.